The van der Waals surface area contributed by atoms with Crippen LogP contribution in [0.1, 0.15) is 27.2 Å². The second kappa shape index (κ2) is 4.55. The van der Waals surface area contributed by atoms with Crippen LogP contribution in [0.5, 0.6) is 0 Å². The van der Waals surface area contributed by atoms with E-state index in [1.807, 2.05) is 0 Å². The van der Waals surface area contributed by atoms with Gasteiger partial charge in [-0.3, -0.25) is 0 Å². The molecule has 4 heteroatoms. The van der Waals surface area contributed by atoms with Crippen LogP contribution in [0.3, 0.4) is 0 Å². The van der Waals surface area contributed by atoms with Gasteiger partial charge in [0.1, 0.15) is 16.6 Å². The molecule has 0 aromatic carbocycles. The maximum absolute atomic E-state index is 5.74. The maximum Gasteiger partial charge on any atom is 0.146 e. The summed E-state index contributed by atoms with van der Waals surface area (Å²) in [6.45, 7) is 7.87. The summed E-state index contributed by atoms with van der Waals surface area (Å²) in [5.41, 5.74) is -0.143. The lowest BCUT2D eigenvalue weighted by atomic mass is 10.00. The zero-order chi connectivity index (χ0) is 9.90. The van der Waals surface area contributed by atoms with E-state index in [2.05, 4.69) is 20.8 Å². The molecule has 0 amide bonds. The molecule has 78 valence electrons. The van der Waals surface area contributed by atoms with E-state index in [9.17, 15) is 0 Å². The standard InChI is InChI=1S/C9H20O3Si/c1-4-8(9(2,3)12-13)11-6-7-5-10-7/h7-8H,4-6H2,1-3,13H3. The van der Waals surface area contributed by atoms with Crippen LogP contribution in [0, 0.1) is 0 Å². The van der Waals surface area contributed by atoms with Gasteiger partial charge in [-0.2, -0.15) is 0 Å². The first-order valence-corrected chi connectivity index (χ1v) is 5.70. The van der Waals surface area contributed by atoms with E-state index in [0.29, 0.717) is 12.7 Å². The van der Waals surface area contributed by atoms with Crippen molar-refractivity contribution >= 4 is 10.5 Å². The monoisotopic (exact) mass is 204 g/mol. The molecule has 3 nitrogen and oxygen atoms in total. The lowest BCUT2D eigenvalue weighted by Crippen LogP contribution is -2.40. The van der Waals surface area contributed by atoms with Crippen LogP contribution in [0.2, 0.25) is 0 Å². The van der Waals surface area contributed by atoms with Crippen LogP contribution < -0.4 is 0 Å². The highest BCUT2D eigenvalue weighted by Crippen LogP contribution is 2.21. The summed E-state index contributed by atoms with van der Waals surface area (Å²) in [7, 11) is 0.758. The minimum Gasteiger partial charge on any atom is -0.420 e. The fourth-order valence-corrected chi connectivity index (χ4v) is 1.59. The second-order valence-corrected chi connectivity index (χ2v) is 4.40. The van der Waals surface area contributed by atoms with Gasteiger partial charge in [0, 0.05) is 0 Å². The average molecular weight is 204 g/mol. The third-order valence-electron chi connectivity index (χ3n) is 2.56. The Hall–Kier alpha value is 0.0969. The van der Waals surface area contributed by atoms with Gasteiger partial charge in [-0.1, -0.05) is 6.92 Å². The summed E-state index contributed by atoms with van der Waals surface area (Å²) in [6.07, 6.45) is 1.52. The fourth-order valence-electron chi connectivity index (χ4n) is 1.33. The molecule has 13 heavy (non-hydrogen) atoms. The minimum absolute atomic E-state index is 0.143. The van der Waals surface area contributed by atoms with Crippen molar-refractivity contribution in [3.05, 3.63) is 0 Å². The first-order valence-electron chi connectivity index (χ1n) is 4.88. The zero-order valence-electron chi connectivity index (χ0n) is 9.00. The van der Waals surface area contributed by atoms with Crippen molar-refractivity contribution in [2.24, 2.45) is 0 Å². The molecule has 0 bridgehead atoms. The van der Waals surface area contributed by atoms with Crippen molar-refractivity contribution in [2.45, 2.75) is 45.0 Å². The summed E-state index contributed by atoms with van der Waals surface area (Å²) in [4.78, 5) is 0. The first-order chi connectivity index (χ1) is 6.10. The van der Waals surface area contributed by atoms with Crippen LogP contribution in [-0.2, 0) is 13.9 Å². The summed E-state index contributed by atoms with van der Waals surface area (Å²) in [6, 6.07) is 0. The largest absolute Gasteiger partial charge is 0.420 e. The van der Waals surface area contributed by atoms with Gasteiger partial charge in [-0.05, 0) is 20.3 Å². The molecule has 1 saturated heterocycles. The van der Waals surface area contributed by atoms with E-state index in [4.69, 9.17) is 13.9 Å². The van der Waals surface area contributed by atoms with Crippen LogP contribution in [0.15, 0.2) is 0 Å². The summed E-state index contributed by atoms with van der Waals surface area (Å²) in [5, 5.41) is 0. The Morgan fingerprint density at radius 2 is 2.23 bits per heavy atom. The molecule has 0 radical (unpaired) electrons. The van der Waals surface area contributed by atoms with E-state index >= 15 is 0 Å². The third kappa shape index (κ3) is 3.38. The van der Waals surface area contributed by atoms with E-state index in [0.717, 1.165) is 23.5 Å². The molecule has 1 rings (SSSR count). The highest BCUT2D eigenvalue weighted by molar-refractivity contribution is 5.98. The van der Waals surface area contributed by atoms with Gasteiger partial charge in [-0.15, -0.1) is 0 Å². The predicted octanol–water partition coefficient (Wildman–Crippen LogP) is 0.256. The molecule has 2 atom stereocenters. The lowest BCUT2D eigenvalue weighted by Gasteiger charge is -2.32. The topological polar surface area (TPSA) is 31.0 Å². The Kier molecular flexibility index (Phi) is 3.91. The Morgan fingerprint density at radius 1 is 1.62 bits per heavy atom. The minimum atomic E-state index is -0.143. The van der Waals surface area contributed by atoms with E-state index in [1.54, 1.807) is 0 Å². The van der Waals surface area contributed by atoms with Crippen LogP contribution in [0.25, 0.3) is 0 Å². The molecule has 1 aliphatic heterocycles. The molecule has 0 aromatic rings. The summed E-state index contributed by atoms with van der Waals surface area (Å²) in [5.74, 6) is 0. The van der Waals surface area contributed by atoms with Crippen molar-refractivity contribution in [3.8, 4) is 0 Å². The van der Waals surface area contributed by atoms with Crippen LogP contribution in [-0.4, -0.2) is 41.5 Å². The second-order valence-electron chi connectivity index (χ2n) is 3.99. The molecule has 0 saturated carbocycles. The number of rotatable bonds is 6. The Morgan fingerprint density at radius 3 is 2.62 bits per heavy atom. The summed E-state index contributed by atoms with van der Waals surface area (Å²) >= 11 is 0. The van der Waals surface area contributed by atoms with Gasteiger partial charge >= 0.3 is 0 Å². The van der Waals surface area contributed by atoms with E-state index < -0.39 is 0 Å². The Labute approximate surface area is 83.3 Å². The molecular weight excluding hydrogens is 184 g/mol. The number of hydrogen-bond donors (Lipinski definition) is 0. The normalized spacial score (nSPS) is 24.7. The van der Waals surface area contributed by atoms with Crippen molar-refractivity contribution in [1.29, 1.82) is 0 Å². The highest BCUT2D eigenvalue weighted by Gasteiger charge is 2.31. The van der Waals surface area contributed by atoms with Gasteiger partial charge in [0.05, 0.1) is 24.9 Å². The van der Waals surface area contributed by atoms with Crippen LogP contribution in [0.4, 0.5) is 0 Å². The first kappa shape index (κ1) is 11.2. The zero-order valence-corrected chi connectivity index (χ0v) is 11.0. The van der Waals surface area contributed by atoms with E-state index in [-0.39, 0.29) is 11.7 Å². The van der Waals surface area contributed by atoms with Crippen molar-refractivity contribution in [2.75, 3.05) is 13.2 Å². The smallest absolute Gasteiger partial charge is 0.146 e. The third-order valence-corrected chi connectivity index (χ3v) is 3.61. The van der Waals surface area contributed by atoms with Gasteiger partial charge < -0.3 is 13.9 Å². The highest BCUT2D eigenvalue weighted by atomic mass is 28.2. The molecule has 0 N–H and O–H groups in total. The molecule has 0 spiro atoms. The molecule has 1 aliphatic rings. The molecule has 0 aliphatic carbocycles. The molecular formula is C9H20O3Si. The van der Waals surface area contributed by atoms with Crippen LogP contribution >= 0.6 is 0 Å². The number of epoxide rings is 1. The van der Waals surface area contributed by atoms with Crippen molar-refractivity contribution in [1.82, 2.24) is 0 Å². The molecule has 2 unspecified atom stereocenters. The van der Waals surface area contributed by atoms with Gasteiger partial charge in [-0.25, -0.2) is 0 Å². The summed E-state index contributed by atoms with van der Waals surface area (Å²) < 4.78 is 16.4. The van der Waals surface area contributed by atoms with Gasteiger partial charge in [0.25, 0.3) is 0 Å². The fraction of sp³-hybridized carbons (Fsp3) is 1.00. The SMILES string of the molecule is CCC(OCC1CO1)C(C)(C)O[SiH3]. The van der Waals surface area contributed by atoms with E-state index in [1.165, 1.54) is 0 Å². The molecule has 1 fully saturated rings. The Bertz CT molecular complexity index is 157. The number of hydrogen-bond acceptors (Lipinski definition) is 3. The van der Waals surface area contributed by atoms with Gasteiger partial charge in [0.15, 0.2) is 0 Å². The van der Waals surface area contributed by atoms with Crippen molar-refractivity contribution in [3.63, 3.8) is 0 Å². The molecule has 1 heterocycles. The van der Waals surface area contributed by atoms with Gasteiger partial charge in [0.2, 0.25) is 0 Å². The van der Waals surface area contributed by atoms with Crippen molar-refractivity contribution < 1.29 is 13.9 Å². The predicted molar refractivity (Wildman–Crippen MR) is 54.9 cm³/mol. The quantitative estimate of drug-likeness (QED) is 0.459. The Balaban J connectivity index is 2.30. The average Bonchev–Trinajstić information content (AvgIpc) is 2.89. The molecule has 0 aromatic heterocycles. The maximum atomic E-state index is 5.74. The lowest BCUT2D eigenvalue weighted by molar-refractivity contribution is -0.0752. The number of ether oxygens (including phenoxy) is 2.